The smallest absolute Gasteiger partial charge is 0.407 e. The van der Waals surface area contributed by atoms with Crippen LogP contribution in [0.2, 0.25) is 0 Å². The SMILES string of the molecule is N[C@@H]1CN(C(=O)O)[C@H](c2ccccc2)CN(CC2CC2)C1=O. The van der Waals surface area contributed by atoms with Crippen LogP contribution in [-0.2, 0) is 4.79 Å². The molecule has 118 valence electrons. The summed E-state index contributed by atoms with van der Waals surface area (Å²) in [5.74, 6) is 0.403. The third-order valence-corrected chi connectivity index (χ3v) is 4.40. The van der Waals surface area contributed by atoms with Crippen LogP contribution in [0.15, 0.2) is 30.3 Å². The highest BCUT2D eigenvalue weighted by atomic mass is 16.4. The van der Waals surface area contributed by atoms with Crippen LogP contribution in [0.5, 0.6) is 0 Å². The van der Waals surface area contributed by atoms with Gasteiger partial charge in [0.15, 0.2) is 0 Å². The van der Waals surface area contributed by atoms with E-state index in [4.69, 9.17) is 5.73 Å². The summed E-state index contributed by atoms with van der Waals surface area (Å²) in [6.45, 7) is 1.09. The van der Waals surface area contributed by atoms with Gasteiger partial charge in [-0.1, -0.05) is 30.3 Å². The molecule has 0 radical (unpaired) electrons. The average molecular weight is 303 g/mol. The van der Waals surface area contributed by atoms with Crippen LogP contribution in [0, 0.1) is 5.92 Å². The van der Waals surface area contributed by atoms with E-state index in [2.05, 4.69) is 0 Å². The minimum Gasteiger partial charge on any atom is -0.465 e. The number of carbonyl (C=O) groups is 2. The summed E-state index contributed by atoms with van der Waals surface area (Å²) in [7, 11) is 0. The summed E-state index contributed by atoms with van der Waals surface area (Å²) in [5, 5.41) is 9.52. The van der Waals surface area contributed by atoms with Crippen molar-refractivity contribution in [1.82, 2.24) is 9.80 Å². The summed E-state index contributed by atoms with van der Waals surface area (Å²) < 4.78 is 0. The van der Waals surface area contributed by atoms with Crippen molar-refractivity contribution in [3.05, 3.63) is 35.9 Å². The van der Waals surface area contributed by atoms with E-state index < -0.39 is 12.1 Å². The first kappa shape index (κ1) is 14.8. The van der Waals surface area contributed by atoms with Gasteiger partial charge in [-0.2, -0.15) is 0 Å². The van der Waals surface area contributed by atoms with Gasteiger partial charge in [-0.25, -0.2) is 4.79 Å². The lowest BCUT2D eigenvalue weighted by molar-refractivity contribution is -0.132. The number of benzene rings is 1. The molecular formula is C16H21N3O3. The van der Waals surface area contributed by atoms with Crippen LogP contribution in [0.25, 0.3) is 0 Å². The van der Waals surface area contributed by atoms with Gasteiger partial charge in [0.05, 0.1) is 6.04 Å². The van der Waals surface area contributed by atoms with Crippen LogP contribution in [0.1, 0.15) is 24.4 Å². The Bertz CT molecular complexity index is 559. The lowest BCUT2D eigenvalue weighted by atomic mass is 10.1. The van der Waals surface area contributed by atoms with E-state index in [1.54, 1.807) is 4.90 Å². The zero-order chi connectivity index (χ0) is 15.7. The maximum Gasteiger partial charge on any atom is 0.407 e. The molecule has 1 saturated carbocycles. The first-order valence-electron chi connectivity index (χ1n) is 7.65. The molecule has 1 aliphatic carbocycles. The van der Waals surface area contributed by atoms with E-state index >= 15 is 0 Å². The van der Waals surface area contributed by atoms with Gasteiger partial charge >= 0.3 is 6.09 Å². The second kappa shape index (κ2) is 5.96. The summed E-state index contributed by atoms with van der Waals surface area (Å²) in [6.07, 6.45) is 1.24. The lowest BCUT2D eigenvalue weighted by Crippen LogP contribution is -2.46. The van der Waals surface area contributed by atoms with Crippen molar-refractivity contribution in [1.29, 1.82) is 0 Å². The van der Waals surface area contributed by atoms with E-state index in [-0.39, 0.29) is 18.5 Å². The molecule has 22 heavy (non-hydrogen) atoms. The molecule has 1 heterocycles. The van der Waals surface area contributed by atoms with Crippen LogP contribution >= 0.6 is 0 Å². The molecular weight excluding hydrogens is 282 g/mol. The number of amides is 2. The fourth-order valence-electron chi connectivity index (χ4n) is 3.00. The van der Waals surface area contributed by atoms with Crippen LogP contribution in [-0.4, -0.2) is 52.6 Å². The van der Waals surface area contributed by atoms with E-state index in [0.29, 0.717) is 19.0 Å². The van der Waals surface area contributed by atoms with Crippen LogP contribution in [0.4, 0.5) is 4.79 Å². The normalized spacial score (nSPS) is 26.0. The molecule has 2 aliphatic rings. The molecule has 0 spiro atoms. The molecule has 0 bridgehead atoms. The summed E-state index contributed by atoms with van der Waals surface area (Å²) in [6, 6.07) is 8.30. The van der Waals surface area contributed by atoms with Gasteiger partial charge in [-0.05, 0) is 24.3 Å². The highest BCUT2D eigenvalue weighted by molar-refractivity contribution is 5.83. The largest absolute Gasteiger partial charge is 0.465 e. The number of hydrogen-bond donors (Lipinski definition) is 2. The van der Waals surface area contributed by atoms with Crippen molar-refractivity contribution >= 4 is 12.0 Å². The molecule has 2 amide bonds. The predicted molar refractivity (Wildman–Crippen MR) is 81.2 cm³/mol. The summed E-state index contributed by atoms with van der Waals surface area (Å²) >= 11 is 0. The van der Waals surface area contributed by atoms with Gasteiger partial charge in [0.2, 0.25) is 5.91 Å². The fourth-order valence-corrected chi connectivity index (χ4v) is 3.00. The Morgan fingerprint density at radius 3 is 2.50 bits per heavy atom. The summed E-state index contributed by atoms with van der Waals surface area (Å²) in [5.41, 5.74) is 6.83. The van der Waals surface area contributed by atoms with Gasteiger partial charge in [0.25, 0.3) is 0 Å². The summed E-state index contributed by atoms with van der Waals surface area (Å²) in [4.78, 5) is 27.1. The molecule has 1 aromatic rings. The van der Waals surface area contributed by atoms with Crippen molar-refractivity contribution in [2.24, 2.45) is 11.7 Å². The van der Waals surface area contributed by atoms with E-state index in [1.165, 1.54) is 4.90 Å². The van der Waals surface area contributed by atoms with Crippen LogP contribution in [0.3, 0.4) is 0 Å². The van der Waals surface area contributed by atoms with E-state index in [9.17, 15) is 14.7 Å². The first-order chi connectivity index (χ1) is 10.6. The monoisotopic (exact) mass is 303 g/mol. The van der Waals surface area contributed by atoms with Gasteiger partial charge in [-0.3, -0.25) is 9.69 Å². The Hall–Kier alpha value is -2.08. The molecule has 3 rings (SSSR count). The zero-order valence-electron chi connectivity index (χ0n) is 12.4. The maximum absolute atomic E-state index is 12.4. The Balaban J connectivity index is 1.91. The Morgan fingerprint density at radius 1 is 1.23 bits per heavy atom. The van der Waals surface area contributed by atoms with Crippen molar-refractivity contribution in [2.45, 2.75) is 24.9 Å². The molecule has 0 aromatic heterocycles. The van der Waals surface area contributed by atoms with Crippen molar-refractivity contribution < 1.29 is 14.7 Å². The minimum absolute atomic E-state index is 0.0366. The molecule has 1 saturated heterocycles. The van der Waals surface area contributed by atoms with E-state index in [0.717, 1.165) is 18.4 Å². The molecule has 2 fully saturated rings. The maximum atomic E-state index is 12.4. The molecule has 2 atom stereocenters. The zero-order valence-corrected chi connectivity index (χ0v) is 12.4. The Labute approximate surface area is 129 Å². The van der Waals surface area contributed by atoms with E-state index in [1.807, 2.05) is 30.3 Å². The highest BCUT2D eigenvalue weighted by Crippen LogP contribution is 2.32. The van der Waals surface area contributed by atoms with Gasteiger partial charge in [0, 0.05) is 19.6 Å². The van der Waals surface area contributed by atoms with Crippen molar-refractivity contribution in [3.8, 4) is 0 Å². The average Bonchev–Trinajstić information content (AvgIpc) is 3.33. The lowest BCUT2D eigenvalue weighted by Gasteiger charge is -2.30. The highest BCUT2D eigenvalue weighted by Gasteiger charge is 2.38. The first-order valence-corrected chi connectivity index (χ1v) is 7.65. The molecule has 1 aromatic carbocycles. The number of rotatable bonds is 3. The van der Waals surface area contributed by atoms with Crippen LogP contribution < -0.4 is 5.73 Å². The molecule has 0 unspecified atom stereocenters. The molecule has 6 nitrogen and oxygen atoms in total. The third-order valence-electron chi connectivity index (χ3n) is 4.40. The Kier molecular flexibility index (Phi) is 4.02. The third kappa shape index (κ3) is 3.06. The molecule has 6 heteroatoms. The number of nitrogens with two attached hydrogens (primary N) is 1. The van der Waals surface area contributed by atoms with Gasteiger partial charge < -0.3 is 15.7 Å². The molecule has 3 N–H and O–H groups in total. The number of carbonyl (C=O) groups excluding carboxylic acids is 1. The Morgan fingerprint density at radius 2 is 1.91 bits per heavy atom. The van der Waals surface area contributed by atoms with Crippen molar-refractivity contribution in [2.75, 3.05) is 19.6 Å². The number of hydrogen-bond acceptors (Lipinski definition) is 3. The second-order valence-corrected chi connectivity index (χ2v) is 6.15. The second-order valence-electron chi connectivity index (χ2n) is 6.15. The minimum atomic E-state index is -1.04. The quantitative estimate of drug-likeness (QED) is 0.881. The van der Waals surface area contributed by atoms with Crippen molar-refractivity contribution in [3.63, 3.8) is 0 Å². The predicted octanol–water partition coefficient (Wildman–Crippen LogP) is 1.29. The molecule has 1 aliphatic heterocycles. The standard InChI is InChI=1S/C16H21N3O3/c17-13-9-19(16(21)22)14(12-4-2-1-3-5-12)10-18(15(13)20)8-11-6-7-11/h1-5,11,13-14H,6-10,17H2,(H,21,22)/t13-,14+/m1/s1. The topological polar surface area (TPSA) is 86.9 Å². The van der Waals surface area contributed by atoms with Gasteiger partial charge in [0.1, 0.15) is 6.04 Å². The number of carboxylic acid groups (broad SMARTS) is 1. The fraction of sp³-hybridized carbons (Fsp3) is 0.500. The number of nitrogens with zero attached hydrogens (tertiary/aromatic N) is 2. The van der Waals surface area contributed by atoms with Gasteiger partial charge in [-0.15, -0.1) is 0 Å².